The van der Waals surface area contributed by atoms with E-state index in [0.29, 0.717) is 0 Å². The Morgan fingerprint density at radius 3 is 2.29 bits per heavy atom. The summed E-state index contributed by atoms with van der Waals surface area (Å²) < 4.78 is 39.5. The largest absolute Gasteiger partial charge is 0.306 e. The lowest BCUT2D eigenvalue weighted by Gasteiger charge is -2.19. The fourth-order valence-electron chi connectivity index (χ4n) is 1.71. The Labute approximate surface area is 122 Å². The smallest absolute Gasteiger partial charge is 0.258 e. The van der Waals surface area contributed by atoms with Gasteiger partial charge in [0.2, 0.25) is 15.8 Å². The van der Waals surface area contributed by atoms with Crippen molar-refractivity contribution in [1.82, 2.24) is 4.31 Å². The standard InChI is InChI=1S/C13H15FN2O4S/c1-4-6-15(7-5-2)21(19,20)11-8-10(3)13(14)12(9-11)16(17)18/h4-5,8-9H,1-2,6-7H2,3H3. The van der Waals surface area contributed by atoms with Crippen molar-refractivity contribution in [2.45, 2.75) is 11.8 Å². The van der Waals surface area contributed by atoms with Crippen LogP contribution in [0.4, 0.5) is 10.1 Å². The minimum absolute atomic E-state index is 0.0125. The van der Waals surface area contributed by atoms with Crippen molar-refractivity contribution >= 4 is 15.7 Å². The third kappa shape index (κ3) is 3.53. The highest BCUT2D eigenvalue weighted by molar-refractivity contribution is 7.89. The number of nitrogens with zero attached hydrogens (tertiary/aromatic N) is 2. The molecule has 8 heteroatoms. The molecule has 0 bridgehead atoms. The molecule has 0 unspecified atom stereocenters. The Morgan fingerprint density at radius 2 is 1.86 bits per heavy atom. The molecule has 6 nitrogen and oxygen atoms in total. The quantitative estimate of drug-likeness (QED) is 0.440. The van der Waals surface area contributed by atoms with Crippen LogP contribution in [-0.4, -0.2) is 30.7 Å². The van der Waals surface area contributed by atoms with Gasteiger partial charge in [-0.05, 0) is 18.6 Å². The van der Waals surface area contributed by atoms with Gasteiger partial charge in [0.25, 0.3) is 0 Å². The van der Waals surface area contributed by atoms with Gasteiger partial charge in [0.15, 0.2) is 0 Å². The highest BCUT2D eigenvalue weighted by Crippen LogP contribution is 2.27. The number of hydrogen-bond donors (Lipinski definition) is 0. The van der Waals surface area contributed by atoms with Crippen molar-refractivity contribution < 1.29 is 17.7 Å². The van der Waals surface area contributed by atoms with E-state index in [1.807, 2.05) is 0 Å². The van der Waals surface area contributed by atoms with Gasteiger partial charge in [-0.2, -0.15) is 8.70 Å². The van der Waals surface area contributed by atoms with E-state index in [4.69, 9.17) is 0 Å². The molecule has 0 aliphatic heterocycles. The predicted molar refractivity (Wildman–Crippen MR) is 76.9 cm³/mol. The lowest BCUT2D eigenvalue weighted by atomic mass is 10.2. The molecule has 0 fully saturated rings. The van der Waals surface area contributed by atoms with E-state index >= 15 is 0 Å². The number of benzene rings is 1. The van der Waals surface area contributed by atoms with Gasteiger partial charge in [-0.25, -0.2) is 8.42 Å². The summed E-state index contributed by atoms with van der Waals surface area (Å²) >= 11 is 0. The molecule has 0 heterocycles. The van der Waals surface area contributed by atoms with E-state index in [0.717, 1.165) is 16.4 Å². The first-order chi connectivity index (χ1) is 9.75. The molecule has 1 aromatic rings. The van der Waals surface area contributed by atoms with Crippen molar-refractivity contribution in [2.24, 2.45) is 0 Å². The molecule has 0 saturated heterocycles. The highest BCUT2D eigenvalue weighted by atomic mass is 32.2. The number of nitro groups is 1. The van der Waals surface area contributed by atoms with Crippen molar-refractivity contribution in [3.63, 3.8) is 0 Å². The van der Waals surface area contributed by atoms with Crippen LogP contribution in [0.2, 0.25) is 0 Å². The van der Waals surface area contributed by atoms with E-state index in [-0.39, 0.29) is 23.5 Å². The molecule has 0 aliphatic rings. The van der Waals surface area contributed by atoms with Crippen LogP contribution < -0.4 is 0 Å². The van der Waals surface area contributed by atoms with Crippen LogP contribution in [0.1, 0.15) is 5.56 Å². The summed E-state index contributed by atoms with van der Waals surface area (Å²) in [5.41, 5.74) is -0.981. The molecule has 1 aromatic carbocycles. The van der Waals surface area contributed by atoms with Gasteiger partial charge >= 0.3 is 5.69 Å². The Kier molecular flexibility index (Phi) is 5.34. The molecule has 1 rings (SSSR count). The van der Waals surface area contributed by atoms with Gasteiger partial charge in [-0.15, -0.1) is 13.2 Å². The lowest BCUT2D eigenvalue weighted by Crippen LogP contribution is -2.31. The molecular weight excluding hydrogens is 299 g/mol. The second kappa shape index (κ2) is 6.59. The molecule has 0 aromatic heterocycles. The number of rotatable bonds is 7. The lowest BCUT2D eigenvalue weighted by molar-refractivity contribution is -0.387. The number of nitro benzene ring substituents is 1. The monoisotopic (exact) mass is 314 g/mol. The van der Waals surface area contributed by atoms with Gasteiger partial charge in [0, 0.05) is 19.2 Å². The summed E-state index contributed by atoms with van der Waals surface area (Å²) in [5.74, 6) is -1.04. The molecule has 0 spiro atoms. The normalized spacial score (nSPS) is 11.4. The van der Waals surface area contributed by atoms with Gasteiger partial charge in [0.1, 0.15) is 0 Å². The third-order valence-electron chi connectivity index (χ3n) is 2.71. The molecule has 0 radical (unpaired) electrons. The zero-order chi connectivity index (χ0) is 16.2. The number of sulfonamides is 1. The first kappa shape index (κ1) is 17.0. The molecular formula is C13H15FN2O4S. The highest BCUT2D eigenvalue weighted by Gasteiger charge is 2.27. The number of halogens is 1. The fourth-order valence-corrected chi connectivity index (χ4v) is 3.20. The molecule has 0 aliphatic carbocycles. The summed E-state index contributed by atoms with van der Waals surface area (Å²) in [6.45, 7) is 8.21. The summed E-state index contributed by atoms with van der Waals surface area (Å²) in [4.78, 5) is 9.51. The van der Waals surface area contributed by atoms with Crippen LogP contribution in [0, 0.1) is 22.9 Å². The minimum Gasteiger partial charge on any atom is -0.258 e. The first-order valence-electron chi connectivity index (χ1n) is 5.92. The maximum Gasteiger partial charge on any atom is 0.306 e. The van der Waals surface area contributed by atoms with E-state index in [1.165, 1.54) is 19.1 Å². The van der Waals surface area contributed by atoms with Crippen LogP contribution in [0.3, 0.4) is 0 Å². The molecule has 21 heavy (non-hydrogen) atoms. The maximum absolute atomic E-state index is 13.6. The second-order valence-corrected chi connectivity index (χ2v) is 6.17. The van der Waals surface area contributed by atoms with Crippen LogP contribution in [0.25, 0.3) is 0 Å². The van der Waals surface area contributed by atoms with Gasteiger partial charge in [0.05, 0.1) is 9.82 Å². The average molecular weight is 314 g/mol. The minimum atomic E-state index is -4.00. The first-order valence-corrected chi connectivity index (χ1v) is 7.36. The number of hydrogen-bond acceptors (Lipinski definition) is 4. The number of aryl methyl sites for hydroxylation is 1. The molecule has 0 saturated carbocycles. The Bertz CT molecular complexity index is 676. The zero-order valence-corrected chi connectivity index (χ0v) is 12.3. The summed E-state index contributed by atoms with van der Waals surface area (Å²) in [6.07, 6.45) is 2.76. The van der Waals surface area contributed by atoms with Gasteiger partial charge in [-0.3, -0.25) is 10.1 Å². The summed E-state index contributed by atoms with van der Waals surface area (Å²) in [6, 6.07) is 1.79. The van der Waals surface area contributed by atoms with E-state index in [2.05, 4.69) is 13.2 Å². The SMILES string of the molecule is C=CCN(CC=C)S(=O)(=O)c1cc(C)c(F)c([N+](=O)[O-])c1. The molecule has 0 N–H and O–H groups in total. The second-order valence-electron chi connectivity index (χ2n) is 4.23. The fraction of sp³-hybridized carbons (Fsp3) is 0.231. The van der Waals surface area contributed by atoms with E-state index in [1.54, 1.807) is 0 Å². The van der Waals surface area contributed by atoms with E-state index in [9.17, 15) is 22.9 Å². The van der Waals surface area contributed by atoms with Crippen LogP contribution in [0.15, 0.2) is 42.3 Å². The summed E-state index contributed by atoms with van der Waals surface area (Å²) in [5, 5.41) is 10.8. The third-order valence-corrected chi connectivity index (χ3v) is 4.52. The van der Waals surface area contributed by atoms with Crippen molar-refractivity contribution in [3.8, 4) is 0 Å². The topological polar surface area (TPSA) is 80.5 Å². The Morgan fingerprint density at radius 1 is 1.33 bits per heavy atom. The van der Waals surface area contributed by atoms with Crippen molar-refractivity contribution in [1.29, 1.82) is 0 Å². The molecule has 114 valence electrons. The average Bonchev–Trinajstić information content (AvgIpc) is 2.40. The zero-order valence-electron chi connectivity index (χ0n) is 11.5. The Balaban J connectivity index is 3.46. The summed E-state index contributed by atoms with van der Waals surface area (Å²) in [7, 11) is -4.00. The van der Waals surface area contributed by atoms with Crippen molar-refractivity contribution in [2.75, 3.05) is 13.1 Å². The van der Waals surface area contributed by atoms with E-state index < -0.39 is 26.5 Å². The molecule has 0 amide bonds. The van der Waals surface area contributed by atoms with Crippen LogP contribution >= 0.6 is 0 Å². The predicted octanol–water partition coefficient (Wildman–Crippen LogP) is 2.41. The van der Waals surface area contributed by atoms with Gasteiger partial charge in [-0.1, -0.05) is 12.2 Å². The Hall–Kier alpha value is -2.06. The van der Waals surface area contributed by atoms with Crippen molar-refractivity contribution in [3.05, 3.63) is 58.9 Å². The van der Waals surface area contributed by atoms with Crippen LogP contribution in [-0.2, 0) is 10.0 Å². The maximum atomic E-state index is 13.6. The molecule has 0 atom stereocenters. The van der Waals surface area contributed by atoms with Crippen LogP contribution in [0.5, 0.6) is 0 Å². The van der Waals surface area contributed by atoms with Gasteiger partial charge < -0.3 is 0 Å².